The van der Waals surface area contributed by atoms with Crippen molar-refractivity contribution < 1.29 is 39.0 Å². The smallest absolute Gasteiger partial charge is 0.327 e. The monoisotopic (exact) mass is 878 g/mol. The first-order valence-corrected chi connectivity index (χ1v) is 21.3. The maximum absolute atomic E-state index is 14.3. The van der Waals surface area contributed by atoms with E-state index in [9.17, 15) is 39.0 Å². The minimum Gasteiger partial charge on any atom is -0.508 e. The number of carboxylic acids is 1. The second kappa shape index (κ2) is 25.8. The second-order valence-corrected chi connectivity index (χ2v) is 15.8. The molecule has 0 aliphatic carbocycles. The summed E-state index contributed by atoms with van der Waals surface area (Å²) in [5, 5.41) is 47.6. The van der Waals surface area contributed by atoms with Crippen LogP contribution in [0.2, 0.25) is 0 Å². The zero-order valence-corrected chi connectivity index (χ0v) is 36.3. The van der Waals surface area contributed by atoms with Crippen LogP contribution in [0.25, 0.3) is 10.8 Å². The molecule has 0 unspecified atom stereocenters. The summed E-state index contributed by atoms with van der Waals surface area (Å²) in [5.41, 5.74) is 13.1. The van der Waals surface area contributed by atoms with Gasteiger partial charge in [0.1, 0.15) is 36.0 Å². The fraction of sp³-hybridized carbons (Fsp3) is 0.465. The van der Waals surface area contributed by atoms with Crippen molar-refractivity contribution in [1.29, 1.82) is 5.41 Å². The normalized spacial score (nSPS) is 14.0. The minimum absolute atomic E-state index is 0.0281. The molecule has 0 aromatic heterocycles. The lowest BCUT2D eigenvalue weighted by Crippen LogP contribution is -2.59. The average Bonchev–Trinajstić information content (AvgIpc) is 3.23. The number of phenols is 1. The van der Waals surface area contributed by atoms with E-state index in [1.54, 1.807) is 18.2 Å². The number of unbranched alkanes of at least 4 members (excludes halogenated alkanes) is 1. The molecule has 0 aliphatic heterocycles. The van der Waals surface area contributed by atoms with Crippen LogP contribution in [0.15, 0.2) is 66.7 Å². The molecule has 0 saturated carbocycles. The summed E-state index contributed by atoms with van der Waals surface area (Å²) in [6.45, 7) is 6.25. The Morgan fingerprint density at radius 1 is 0.661 bits per heavy atom. The van der Waals surface area contributed by atoms with E-state index < -0.39 is 71.8 Å². The number of nitrogens with one attached hydrogen (secondary N) is 8. The van der Waals surface area contributed by atoms with Crippen LogP contribution >= 0.6 is 12.6 Å². The molecule has 0 bridgehead atoms. The van der Waals surface area contributed by atoms with Gasteiger partial charge in [0.15, 0.2) is 5.96 Å². The summed E-state index contributed by atoms with van der Waals surface area (Å²) >= 11 is 3.98. The standard InChI is InChI=1S/C43H62N10O8S/c1-25(2)47-19-7-6-11-33(50-38(56)32(44)22-27-14-17-31(54)18-15-27)39(57)51-34(12-8-20-48-43(45)46)40(58)52-35(23-28-13-16-29-9-4-5-10-30(29)21-28)41(59)49-26(3)37(55)53-36(24-62)42(60)61/h4-5,9-10,13-18,21,25-26,32-36,47,54,62H,6-8,11-12,19-20,22-24,44H2,1-3H3,(H,49,59)(H,50,56)(H,51,57)(H,52,58)(H,53,55)(H,60,61)(H4,45,46,48)/t26-,32+,33+,34-,35+,36-/m1/s1. The highest BCUT2D eigenvalue weighted by atomic mass is 32.1. The Balaban J connectivity index is 1.89. The van der Waals surface area contributed by atoms with Crippen molar-refractivity contribution in [3.05, 3.63) is 77.9 Å². The van der Waals surface area contributed by atoms with E-state index in [-0.39, 0.29) is 62.2 Å². The summed E-state index contributed by atoms with van der Waals surface area (Å²) < 4.78 is 0. The van der Waals surface area contributed by atoms with Crippen LogP contribution in [0, 0.1) is 5.41 Å². The fourth-order valence-corrected chi connectivity index (χ4v) is 6.65. The predicted molar refractivity (Wildman–Crippen MR) is 240 cm³/mol. The maximum atomic E-state index is 14.3. The molecule has 3 aromatic carbocycles. The highest BCUT2D eigenvalue weighted by Gasteiger charge is 2.32. The summed E-state index contributed by atoms with van der Waals surface area (Å²) in [6.07, 6.45) is 1.81. The topological polar surface area (TPSA) is 303 Å². The SMILES string of the molecule is CC(C)NCCCC[C@H](NC(=O)[C@@H](N)Cc1ccc(O)cc1)C(=O)N[C@H](CCCNC(=N)N)C(=O)N[C@@H](Cc1ccc2ccccc2c1)C(=O)N[C@H](C)C(=O)N[C@H](CS)C(=O)O. The van der Waals surface area contributed by atoms with Crippen LogP contribution in [-0.2, 0) is 41.6 Å². The summed E-state index contributed by atoms with van der Waals surface area (Å²) in [7, 11) is 0. The Labute approximate surface area is 367 Å². The molecule has 0 saturated heterocycles. The van der Waals surface area contributed by atoms with Crippen LogP contribution in [0.1, 0.15) is 64.0 Å². The van der Waals surface area contributed by atoms with Crippen LogP contribution in [0.4, 0.5) is 0 Å². The van der Waals surface area contributed by atoms with Crippen LogP contribution in [0.5, 0.6) is 5.75 Å². The van der Waals surface area contributed by atoms with Gasteiger partial charge in [-0.3, -0.25) is 29.4 Å². The number of phenolic OH excluding ortho intramolecular Hbond substituents is 1. The van der Waals surface area contributed by atoms with Crippen molar-refractivity contribution >= 4 is 64.9 Å². The van der Waals surface area contributed by atoms with Crippen molar-refractivity contribution in [2.24, 2.45) is 11.5 Å². The Morgan fingerprint density at radius 3 is 1.84 bits per heavy atom. The first kappa shape index (κ1) is 50.4. The van der Waals surface area contributed by atoms with E-state index in [1.807, 2.05) is 50.2 Å². The molecule has 3 aromatic rings. The van der Waals surface area contributed by atoms with E-state index in [1.165, 1.54) is 19.1 Å². The first-order valence-electron chi connectivity index (χ1n) is 20.6. The number of nitrogens with two attached hydrogens (primary N) is 2. The van der Waals surface area contributed by atoms with Gasteiger partial charge >= 0.3 is 5.97 Å². The van der Waals surface area contributed by atoms with Gasteiger partial charge in [0.05, 0.1) is 6.04 Å². The predicted octanol–water partition coefficient (Wildman–Crippen LogP) is 0.548. The minimum atomic E-state index is -1.31. The molecular formula is C43H62N10O8S. The molecule has 0 spiro atoms. The molecule has 0 radical (unpaired) electrons. The number of hydrogen-bond donors (Lipinski definition) is 13. The summed E-state index contributed by atoms with van der Waals surface area (Å²) in [6, 6.07) is 12.4. The molecule has 6 atom stereocenters. The molecule has 3 rings (SSSR count). The van der Waals surface area contributed by atoms with Crippen molar-refractivity contribution in [3.63, 3.8) is 0 Å². The van der Waals surface area contributed by atoms with E-state index in [0.29, 0.717) is 30.5 Å². The zero-order chi connectivity index (χ0) is 45.8. The van der Waals surface area contributed by atoms with E-state index in [2.05, 4.69) is 49.8 Å². The van der Waals surface area contributed by atoms with E-state index >= 15 is 0 Å². The number of guanidine groups is 1. The number of amides is 5. The van der Waals surface area contributed by atoms with Gasteiger partial charge in [-0.15, -0.1) is 0 Å². The number of carboxylic acid groups (broad SMARTS) is 1. The second-order valence-electron chi connectivity index (χ2n) is 15.4. The third-order valence-electron chi connectivity index (χ3n) is 9.89. The lowest BCUT2D eigenvalue weighted by molar-refractivity contribution is -0.141. The molecule has 18 nitrogen and oxygen atoms in total. The zero-order valence-electron chi connectivity index (χ0n) is 35.4. The largest absolute Gasteiger partial charge is 0.508 e. The van der Waals surface area contributed by atoms with Gasteiger partial charge in [-0.25, -0.2) is 4.79 Å². The Bertz CT molecular complexity index is 1990. The first-order chi connectivity index (χ1) is 29.5. The third kappa shape index (κ3) is 17.6. The maximum Gasteiger partial charge on any atom is 0.327 e. The number of aliphatic carboxylic acids is 1. The molecule has 338 valence electrons. The van der Waals surface area contributed by atoms with Gasteiger partial charge in [-0.05, 0) is 86.0 Å². The Morgan fingerprint density at radius 2 is 1.23 bits per heavy atom. The van der Waals surface area contributed by atoms with Crippen LogP contribution in [0.3, 0.4) is 0 Å². The Hall–Kier alpha value is -5.92. The highest BCUT2D eigenvalue weighted by Crippen LogP contribution is 2.17. The van der Waals surface area contributed by atoms with Crippen molar-refractivity contribution in [3.8, 4) is 5.75 Å². The number of rotatable bonds is 26. The summed E-state index contributed by atoms with van der Waals surface area (Å²) in [4.78, 5) is 80.2. The fourth-order valence-electron chi connectivity index (χ4n) is 6.41. The van der Waals surface area contributed by atoms with Gasteiger partial charge in [-0.2, -0.15) is 12.6 Å². The molecule has 62 heavy (non-hydrogen) atoms. The van der Waals surface area contributed by atoms with Gasteiger partial charge in [0.2, 0.25) is 29.5 Å². The van der Waals surface area contributed by atoms with Gasteiger partial charge in [-0.1, -0.05) is 68.4 Å². The van der Waals surface area contributed by atoms with E-state index in [4.69, 9.17) is 16.9 Å². The highest BCUT2D eigenvalue weighted by molar-refractivity contribution is 7.80. The number of hydrogen-bond acceptors (Lipinski definition) is 11. The summed E-state index contributed by atoms with van der Waals surface area (Å²) in [5.74, 6) is -5.26. The number of thiol groups is 1. The molecular weight excluding hydrogens is 817 g/mol. The molecule has 5 amide bonds. The lowest BCUT2D eigenvalue weighted by atomic mass is 10.00. The van der Waals surface area contributed by atoms with Crippen molar-refractivity contribution in [1.82, 2.24) is 37.2 Å². The Kier molecular flexibility index (Phi) is 21.0. The lowest BCUT2D eigenvalue weighted by Gasteiger charge is -2.27. The van der Waals surface area contributed by atoms with Crippen LogP contribution in [-0.4, -0.2) is 113 Å². The van der Waals surface area contributed by atoms with Crippen LogP contribution < -0.4 is 48.7 Å². The van der Waals surface area contributed by atoms with Gasteiger partial charge < -0.3 is 58.9 Å². The van der Waals surface area contributed by atoms with Crippen molar-refractivity contribution in [2.75, 3.05) is 18.8 Å². The van der Waals surface area contributed by atoms with Gasteiger partial charge in [0, 0.05) is 24.8 Å². The van der Waals surface area contributed by atoms with E-state index in [0.717, 1.165) is 10.8 Å². The number of benzene rings is 3. The molecule has 14 N–H and O–H groups in total. The molecule has 0 heterocycles. The quantitative estimate of drug-likeness (QED) is 0.0228. The number of aromatic hydroxyl groups is 1. The molecule has 0 aliphatic rings. The number of fused-ring (bicyclic) bond motifs is 1. The van der Waals surface area contributed by atoms with Gasteiger partial charge in [0.25, 0.3) is 0 Å². The number of carbonyl (C=O) groups excluding carboxylic acids is 5. The molecule has 19 heteroatoms. The third-order valence-corrected chi connectivity index (χ3v) is 10.3. The van der Waals surface area contributed by atoms with Crippen molar-refractivity contribution in [2.45, 2.75) is 108 Å². The molecule has 0 fully saturated rings. The number of carbonyl (C=O) groups is 6. The average molecular weight is 879 g/mol.